The molecule has 0 saturated carbocycles. The topological polar surface area (TPSA) is 88.1 Å². The molecule has 0 N–H and O–H groups in total. The lowest BCUT2D eigenvalue weighted by atomic mass is 10.1. The predicted molar refractivity (Wildman–Crippen MR) is 194 cm³/mol. The Labute approximate surface area is 289 Å². The van der Waals surface area contributed by atoms with Crippen LogP contribution < -0.4 is 18.9 Å². The molecule has 0 radical (unpaired) electrons. The van der Waals surface area contributed by atoms with Crippen LogP contribution in [-0.4, -0.2) is 31.9 Å². The number of esters is 2. The largest absolute Gasteiger partial charge is 0.497 e. The first-order valence-electron chi connectivity index (χ1n) is 18.4. The van der Waals surface area contributed by atoms with Gasteiger partial charge >= 0.3 is 11.9 Å². The number of carbonyl (C=O) groups is 3. The number of carbonyl (C=O) groups excluding carboxylic acids is 3. The quantitative estimate of drug-likeness (QED) is 0.0309. The van der Waals surface area contributed by atoms with Gasteiger partial charge in [-0.15, -0.1) is 0 Å². The van der Waals surface area contributed by atoms with Gasteiger partial charge in [-0.1, -0.05) is 117 Å². The maximum absolute atomic E-state index is 13.1. The molecular formula is C41H60O7. The van der Waals surface area contributed by atoms with Crippen LogP contribution in [0.1, 0.15) is 158 Å². The number of hydrogen-bond donors (Lipinski definition) is 0. The minimum Gasteiger partial charge on any atom is -0.497 e. The van der Waals surface area contributed by atoms with Crippen LogP contribution in [0.5, 0.6) is 23.0 Å². The summed E-state index contributed by atoms with van der Waals surface area (Å²) in [5.41, 5.74) is 0.899. The van der Waals surface area contributed by atoms with E-state index in [9.17, 15) is 14.4 Å². The molecule has 0 atom stereocenters. The summed E-state index contributed by atoms with van der Waals surface area (Å²) in [5, 5.41) is 0. The minimum absolute atomic E-state index is 0.245. The molecule has 0 spiro atoms. The normalized spacial score (nSPS) is 11.1. The zero-order valence-corrected chi connectivity index (χ0v) is 30.1. The Balaban J connectivity index is 2.01. The van der Waals surface area contributed by atoms with Crippen molar-refractivity contribution in [3.63, 3.8) is 0 Å². The van der Waals surface area contributed by atoms with E-state index in [1.807, 2.05) is 0 Å². The van der Waals surface area contributed by atoms with Crippen molar-refractivity contribution in [2.45, 2.75) is 142 Å². The smallest absolute Gasteiger partial charge is 0.311 e. The number of methoxy groups -OCH3 is 2. The highest BCUT2D eigenvalue weighted by Gasteiger charge is 2.15. The Kier molecular flexibility index (Phi) is 21.5. The molecule has 7 nitrogen and oxygen atoms in total. The molecule has 0 aliphatic heterocycles. The van der Waals surface area contributed by atoms with Crippen molar-refractivity contribution >= 4 is 23.8 Å². The van der Waals surface area contributed by atoms with Crippen molar-refractivity contribution in [1.82, 2.24) is 0 Å². The second-order valence-corrected chi connectivity index (χ2v) is 12.6. The number of benzene rings is 2. The summed E-state index contributed by atoms with van der Waals surface area (Å²) in [6.07, 6.45) is 24.6. The van der Waals surface area contributed by atoms with Crippen molar-refractivity contribution < 1.29 is 33.3 Å². The van der Waals surface area contributed by atoms with E-state index in [0.717, 1.165) is 38.5 Å². The molecule has 0 saturated heterocycles. The second-order valence-electron chi connectivity index (χ2n) is 12.6. The molecule has 266 valence electrons. The van der Waals surface area contributed by atoms with Crippen LogP contribution in [0.3, 0.4) is 0 Å². The van der Waals surface area contributed by atoms with Gasteiger partial charge in [0.1, 0.15) is 23.0 Å². The van der Waals surface area contributed by atoms with Crippen LogP contribution >= 0.6 is 0 Å². The highest BCUT2D eigenvalue weighted by Crippen LogP contribution is 2.29. The van der Waals surface area contributed by atoms with Crippen LogP contribution in [0, 0.1) is 0 Å². The molecule has 0 fully saturated rings. The molecule has 0 aliphatic carbocycles. The summed E-state index contributed by atoms with van der Waals surface area (Å²) in [6, 6.07) is 9.90. The average Bonchev–Trinajstić information content (AvgIpc) is 3.09. The van der Waals surface area contributed by atoms with Gasteiger partial charge in [0.05, 0.1) is 19.8 Å². The van der Waals surface area contributed by atoms with Gasteiger partial charge < -0.3 is 18.9 Å². The van der Waals surface area contributed by atoms with Crippen LogP contribution in [0.2, 0.25) is 0 Å². The Hall–Kier alpha value is -3.61. The SMILES string of the molecule is CCCCCCCCCCCC(=O)Oc1ccc(C=CC(=O)c2ccc(OC)cc2OC)c(OC(=O)CCCCCCCCCCC)c1. The number of hydrogen-bond acceptors (Lipinski definition) is 7. The molecule has 2 aromatic rings. The Morgan fingerprint density at radius 3 is 1.54 bits per heavy atom. The van der Waals surface area contributed by atoms with E-state index in [1.165, 1.54) is 90.2 Å². The molecule has 2 rings (SSSR count). The van der Waals surface area contributed by atoms with E-state index in [0.29, 0.717) is 41.2 Å². The predicted octanol–water partition coefficient (Wildman–Crippen LogP) is 11.3. The highest BCUT2D eigenvalue weighted by molar-refractivity contribution is 6.09. The van der Waals surface area contributed by atoms with Crippen molar-refractivity contribution in [1.29, 1.82) is 0 Å². The molecule has 48 heavy (non-hydrogen) atoms. The third kappa shape index (κ3) is 17.0. The number of allylic oxidation sites excluding steroid dienone is 1. The maximum Gasteiger partial charge on any atom is 0.311 e. The minimum atomic E-state index is -0.353. The summed E-state index contributed by atoms with van der Waals surface area (Å²) in [6.45, 7) is 4.45. The molecule has 0 amide bonds. The van der Waals surface area contributed by atoms with Crippen LogP contribution in [0.4, 0.5) is 0 Å². The lowest BCUT2D eigenvalue weighted by Gasteiger charge is -2.11. The molecule has 0 unspecified atom stereocenters. The van der Waals surface area contributed by atoms with E-state index in [-0.39, 0.29) is 23.5 Å². The van der Waals surface area contributed by atoms with Crippen molar-refractivity contribution in [2.24, 2.45) is 0 Å². The Bertz CT molecular complexity index is 1250. The van der Waals surface area contributed by atoms with Gasteiger partial charge in [-0.2, -0.15) is 0 Å². The van der Waals surface area contributed by atoms with Gasteiger partial charge in [0.25, 0.3) is 0 Å². The fraction of sp³-hybridized carbons (Fsp3) is 0.585. The molecule has 2 aromatic carbocycles. The lowest BCUT2D eigenvalue weighted by molar-refractivity contribution is -0.135. The van der Waals surface area contributed by atoms with Gasteiger partial charge in [-0.25, -0.2) is 0 Å². The van der Waals surface area contributed by atoms with E-state index in [2.05, 4.69) is 13.8 Å². The van der Waals surface area contributed by atoms with Crippen molar-refractivity contribution in [3.05, 3.63) is 53.6 Å². The monoisotopic (exact) mass is 664 g/mol. The molecule has 0 heterocycles. The fourth-order valence-corrected chi connectivity index (χ4v) is 5.58. The van der Waals surface area contributed by atoms with Gasteiger partial charge in [0, 0.05) is 30.5 Å². The first-order valence-corrected chi connectivity index (χ1v) is 18.4. The van der Waals surface area contributed by atoms with Crippen LogP contribution in [0.25, 0.3) is 6.08 Å². The van der Waals surface area contributed by atoms with Gasteiger partial charge in [-0.05, 0) is 49.3 Å². The summed E-state index contributed by atoms with van der Waals surface area (Å²) < 4.78 is 22.0. The molecule has 0 bridgehead atoms. The second kappa shape index (κ2) is 25.4. The van der Waals surface area contributed by atoms with E-state index >= 15 is 0 Å². The van der Waals surface area contributed by atoms with Crippen LogP contribution in [0.15, 0.2) is 42.5 Å². The van der Waals surface area contributed by atoms with Crippen LogP contribution in [-0.2, 0) is 9.59 Å². The summed E-state index contributed by atoms with van der Waals surface area (Å²) in [4.78, 5) is 38.6. The first-order chi connectivity index (χ1) is 23.4. The third-order valence-corrected chi connectivity index (χ3v) is 8.50. The number of ether oxygens (including phenoxy) is 4. The summed E-state index contributed by atoms with van der Waals surface area (Å²) >= 11 is 0. The third-order valence-electron chi connectivity index (χ3n) is 8.50. The zero-order valence-electron chi connectivity index (χ0n) is 30.1. The number of unbranched alkanes of at least 4 members (excludes halogenated alkanes) is 16. The zero-order chi connectivity index (χ0) is 34.8. The average molecular weight is 665 g/mol. The first kappa shape index (κ1) is 40.6. The highest BCUT2D eigenvalue weighted by atomic mass is 16.5. The molecule has 0 aliphatic rings. The van der Waals surface area contributed by atoms with Gasteiger partial charge in [0.15, 0.2) is 5.78 Å². The van der Waals surface area contributed by atoms with Gasteiger partial charge in [0.2, 0.25) is 0 Å². The van der Waals surface area contributed by atoms with E-state index in [1.54, 1.807) is 49.6 Å². The van der Waals surface area contributed by atoms with E-state index in [4.69, 9.17) is 18.9 Å². The Morgan fingerprint density at radius 2 is 1.02 bits per heavy atom. The number of ketones is 1. The fourth-order valence-electron chi connectivity index (χ4n) is 5.58. The van der Waals surface area contributed by atoms with Crippen molar-refractivity contribution in [3.8, 4) is 23.0 Å². The van der Waals surface area contributed by atoms with E-state index < -0.39 is 0 Å². The molecule has 7 heteroatoms. The standard InChI is InChI=1S/C41H60O7/c1-5-7-9-11-13-15-17-19-21-23-40(43)47-35-27-25-33(26-30-37(42)36-29-28-34(45-3)31-39(36)46-4)38(32-35)48-41(44)24-22-20-18-16-14-12-10-8-6-2/h25-32H,5-24H2,1-4H3. The number of rotatable bonds is 27. The maximum atomic E-state index is 13.1. The molecule has 0 aromatic heterocycles. The lowest BCUT2D eigenvalue weighted by Crippen LogP contribution is -2.10. The summed E-state index contributed by atoms with van der Waals surface area (Å²) in [5.74, 6) is 0.585. The van der Waals surface area contributed by atoms with Gasteiger partial charge in [-0.3, -0.25) is 14.4 Å². The van der Waals surface area contributed by atoms with Crippen molar-refractivity contribution in [2.75, 3.05) is 14.2 Å². The molecular weight excluding hydrogens is 604 g/mol. The summed E-state index contributed by atoms with van der Waals surface area (Å²) in [7, 11) is 3.04. The Morgan fingerprint density at radius 1 is 0.542 bits per heavy atom.